The molecule has 0 saturated carbocycles. The fourth-order valence-electron chi connectivity index (χ4n) is 2.76. The number of rotatable bonds is 1. The van der Waals surface area contributed by atoms with Crippen molar-refractivity contribution in [3.8, 4) is 11.3 Å². The first-order valence-corrected chi connectivity index (χ1v) is 7.03. The van der Waals surface area contributed by atoms with Crippen LogP contribution in [0.3, 0.4) is 0 Å². The molecule has 0 aliphatic carbocycles. The highest BCUT2D eigenvalue weighted by Crippen LogP contribution is 2.27. The van der Waals surface area contributed by atoms with E-state index in [0.29, 0.717) is 0 Å². The number of hydrogen-bond acceptors (Lipinski definition) is 2. The van der Waals surface area contributed by atoms with Crippen molar-refractivity contribution in [2.75, 3.05) is 0 Å². The molecule has 2 heteroatoms. The van der Waals surface area contributed by atoms with Gasteiger partial charge in [-0.05, 0) is 24.6 Å². The minimum absolute atomic E-state index is 0.973. The van der Waals surface area contributed by atoms with Crippen molar-refractivity contribution in [2.24, 2.45) is 0 Å². The lowest BCUT2D eigenvalue weighted by molar-refractivity contribution is 1.35. The van der Waals surface area contributed by atoms with Gasteiger partial charge in [0.25, 0.3) is 0 Å². The van der Waals surface area contributed by atoms with Crippen molar-refractivity contribution in [1.29, 1.82) is 0 Å². The molecular formula is C19H14N2. The maximum atomic E-state index is 4.86. The maximum absolute atomic E-state index is 4.86. The number of benzene rings is 2. The molecule has 4 aromatic rings. The summed E-state index contributed by atoms with van der Waals surface area (Å²) in [4.78, 5) is 9.38. The summed E-state index contributed by atoms with van der Waals surface area (Å²) in [6.07, 6.45) is 1.83. The minimum atomic E-state index is 0.973. The Hall–Kier alpha value is -2.74. The van der Waals surface area contributed by atoms with E-state index in [-0.39, 0.29) is 0 Å². The summed E-state index contributed by atoms with van der Waals surface area (Å²) < 4.78 is 0. The summed E-state index contributed by atoms with van der Waals surface area (Å²) in [6, 6.07) is 20.7. The largest absolute Gasteiger partial charge is 0.256 e. The Kier molecular flexibility index (Phi) is 2.68. The smallest absolute Gasteiger partial charge is 0.0795 e. The van der Waals surface area contributed by atoms with Crippen LogP contribution in [0.1, 0.15) is 5.56 Å². The van der Waals surface area contributed by atoms with Crippen molar-refractivity contribution < 1.29 is 0 Å². The summed E-state index contributed by atoms with van der Waals surface area (Å²) in [5.41, 5.74) is 5.31. The van der Waals surface area contributed by atoms with E-state index in [4.69, 9.17) is 4.98 Å². The van der Waals surface area contributed by atoms with E-state index in [0.717, 1.165) is 27.7 Å². The molecule has 21 heavy (non-hydrogen) atoms. The summed E-state index contributed by atoms with van der Waals surface area (Å²) in [6.45, 7) is 2.10. The van der Waals surface area contributed by atoms with Gasteiger partial charge in [0.1, 0.15) is 0 Å². The lowest BCUT2D eigenvalue weighted by atomic mass is 10.0. The van der Waals surface area contributed by atoms with E-state index in [1.807, 2.05) is 12.3 Å². The second-order valence-corrected chi connectivity index (χ2v) is 5.22. The molecule has 0 saturated heterocycles. The van der Waals surface area contributed by atoms with Gasteiger partial charge in [-0.2, -0.15) is 0 Å². The van der Waals surface area contributed by atoms with Gasteiger partial charge >= 0.3 is 0 Å². The van der Waals surface area contributed by atoms with Gasteiger partial charge in [-0.25, -0.2) is 4.98 Å². The predicted octanol–water partition coefficient (Wildman–Crippen LogP) is 4.76. The second-order valence-electron chi connectivity index (χ2n) is 5.22. The molecule has 0 N–H and O–H groups in total. The van der Waals surface area contributed by atoms with Crippen LogP contribution in [0.4, 0.5) is 0 Å². The van der Waals surface area contributed by atoms with Gasteiger partial charge in [0, 0.05) is 22.5 Å². The van der Waals surface area contributed by atoms with Gasteiger partial charge in [-0.1, -0.05) is 48.5 Å². The van der Waals surface area contributed by atoms with Crippen molar-refractivity contribution >= 4 is 21.8 Å². The van der Waals surface area contributed by atoms with E-state index in [1.165, 1.54) is 10.9 Å². The second kappa shape index (κ2) is 4.67. The van der Waals surface area contributed by atoms with E-state index in [9.17, 15) is 0 Å². The molecule has 2 aromatic heterocycles. The Bertz CT molecular complexity index is 952. The average Bonchev–Trinajstić information content (AvgIpc) is 2.54. The molecule has 4 rings (SSSR count). The first kappa shape index (κ1) is 12.0. The Morgan fingerprint density at radius 3 is 2.38 bits per heavy atom. The molecule has 0 aliphatic heterocycles. The first-order valence-electron chi connectivity index (χ1n) is 7.03. The number of hydrogen-bond donors (Lipinski definition) is 0. The molecule has 0 amide bonds. The fourth-order valence-corrected chi connectivity index (χ4v) is 2.76. The third kappa shape index (κ3) is 1.96. The average molecular weight is 270 g/mol. The van der Waals surface area contributed by atoms with Crippen LogP contribution in [0, 0.1) is 6.92 Å². The lowest BCUT2D eigenvalue weighted by Crippen LogP contribution is -1.90. The summed E-state index contributed by atoms with van der Waals surface area (Å²) in [5, 5.41) is 2.31. The zero-order valence-corrected chi connectivity index (χ0v) is 11.7. The third-order valence-electron chi connectivity index (χ3n) is 3.83. The van der Waals surface area contributed by atoms with Gasteiger partial charge in [-0.3, -0.25) is 4.98 Å². The van der Waals surface area contributed by atoms with Crippen molar-refractivity contribution in [2.45, 2.75) is 6.92 Å². The highest BCUT2D eigenvalue weighted by atomic mass is 14.7. The first-order chi connectivity index (χ1) is 10.3. The van der Waals surface area contributed by atoms with Gasteiger partial charge in [0.05, 0.1) is 16.7 Å². The van der Waals surface area contributed by atoms with Crippen LogP contribution in [-0.4, -0.2) is 9.97 Å². The molecule has 0 unspecified atom stereocenters. The topological polar surface area (TPSA) is 25.8 Å². The van der Waals surface area contributed by atoms with Crippen LogP contribution >= 0.6 is 0 Å². The molecule has 0 bridgehead atoms. The van der Waals surface area contributed by atoms with Crippen LogP contribution < -0.4 is 0 Å². The molecule has 2 heterocycles. The quantitative estimate of drug-likeness (QED) is 0.498. The number of nitrogens with zero attached hydrogens (tertiary/aromatic N) is 2. The highest BCUT2D eigenvalue weighted by molar-refractivity contribution is 5.94. The van der Waals surface area contributed by atoms with Gasteiger partial charge in [-0.15, -0.1) is 0 Å². The summed E-state index contributed by atoms with van der Waals surface area (Å²) in [7, 11) is 0. The van der Waals surface area contributed by atoms with Crippen LogP contribution in [0.2, 0.25) is 0 Å². The van der Waals surface area contributed by atoms with Crippen molar-refractivity contribution in [3.63, 3.8) is 0 Å². The fraction of sp³-hybridized carbons (Fsp3) is 0.0526. The van der Waals surface area contributed by atoms with Gasteiger partial charge in [0.2, 0.25) is 0 Å². The Balaban J connectivity index is 2.02. The number of para-hydroxylation sites is 2. The molecule has 0 atom stereocenters. The Morgan fingerprint density at radius 1 is 0.714 bits per heavy atom. The van der Waals surface area contributed by atoms with E-state index in [2.05, 4.69) is 66.5 Å². The number of fused-ring (bicyclic) bond motifs is 2. The number of aryl methyl sites for hydroxylation is 1. The molecule has 0 aliphatic rings. The van der Waals surface area contributed by atoms with Crippen molar-refractivity contribution in [1.82, 2.24) is 9.97 Å². The molecule has 2 aromatic carbocycles. The minimum Gasteiger partial charge on any atom is -0.256 e. The zero-order chi connectivity index (χ0) is 14.2. The number of pyridine rings is 2. The maximum Gasteiger partial charge on any atom is 0.0795 e. The van der Waals surface area contributed by atoms with Gasteiger partial charge < -0.3 is 0 Å². The molecule has 0 radical (unpaired) electrons. The monoisotopic (exact) mass is 270 g/mol. The van der Waals surface area contributed by atoms with E-state index < -0.39 is 0 Å². The molecule has 2 nitrogen and oxygen atoms in total. The highest BCUT2D eigenvalue weighted by Gasteiger charge is 2.07. The Labute approximate surface area is 123 Å². The lowest BCUT2D eigenvalue weighted by Gasteiger charge is -2.07. The third-order valence-corrected chi connectivity index (χ3v) is 3.83. The number of aromatic nitrogens is 2. The molecule has 100 valence electrons. The Morgan fingerprint density at radius 2 is 1.48 bits per heavy atom. The van der Waals surface area contributed by atoms with Gasteiger partial charge in [0.15, 0.2) is 0 Å². The SMILES string of the molecule is Cc1cccc2ccc(-c3cccc4cccnc34)nc12. The van der Waals surface area contributed by atoms with Crippen LogP contribution in [0.25, 0.3) is 33.1 Å². The van der Waals surface area contributed by atoms with E-state index >= 15 is 0 Å². The predicted molar refractivity (Wildman–Crippen MR) is 87.2 cm³/mol. The summed E-state index contributed by atoms with van der Waals surface area (Å²) in [5.74, 6) is 0. The molecule has 0 fully saturated rings. The van der Waals surface area contributed by atoms with Crippen LogP contribution in [0.15, 0.2) is 66.9 Å². The van der Waals surface area contributed by atoms with Crippen LogP contribution in [-0.2, 0) is 0 Å². The van der Waals surface area contributed by atoms with E-state index in [1.54, 1.807) is 0 Å². The normalized spacial score (nSPS) is 11.1. The van der Waals surface area contributed by atoms with Crippen molar-refractivity contribution in [3.05, 3.63) is 72.4 Å². The van der Waals surface area contributed by atoms with Crippen LogP contribution in [0.5, 0.6) is 0 Å². The zero-order valence-electron chi connectivity index (χ0n) is 11.7. The summed E-state index contributed by atoms with van der Waals surface area (Å²) >= 11 is 0. The molecule has 0 spiro atoms. The molecular weight excluding hydrogens is 256 g/mol. The standard InChI is InChI=1S/C19H14N2/c1-13-5-2-6-15-10-11-17(21-18(13)15)16-9-3-7-14-8-4-12-20-19(14)16/h2-12H,1H3.